The van der Waals surface area contributed by atoms with E-state index in [1.54, 1.807) is 19.1 Å². The van der Waals surface area contributed by atoms with E-state index in [4.69, 9.17) is 0 Å². The smallest absolute Gasteiger partial charge is 0.253 e. The Morgan fingerprint density at radius 1 is 1.16 bits per heavy atom. The minimum atomic E-state index is -0.231. The highest BCUT2D eigenvalue weighted by Crippen LogP contribution is 2.19. The molecular formula is C20H24N2O3. The van der Waals surface area contributed by atoms with Crippen LogP contribution in [0.4, 0.5) is 0 Å². The molecule has 0 bridgehead atoms. The number of hydrogen-bond acceptors (Lipinski definition) is 3. The number of ketones is 1. The van der Waals surface area contributed by atoms with Crippen molar-refractivity contribution in [2.24, 2.45) is 0 Å². The molecule has 0 aliphatic heterocycles. The molecule has 0 fully saturated rings. The lowest BCUT2D eigenvalue weighted by Crippen LogP contribution is -2.27. The SMILES string of the molecule is CC(=O)CC(C)c1ccc(C(=O)NCc2c(C)cc(C)[nH]c2=O)cc1. The predicted octanol–water partition coefficient (Wildman–Crippen LogP) is 3.00. The summed E-state index contributed by atoms with van der Waals surface area (Å²) in [7, 11) is 0. The second-order valence-electron chi connectivity index (χ2n) is 6.55. The highest BCUT2D eigenvalue weighted by molar-refractivity contribution is 5.94. The molecule has 0 saturated heterocycles. The van der Waals surface area contributed by atoms with Crippen molar-refractivity contribution in [2.45, 2.75) is 46.6 Å². The molecule has 0 saturated carbocycles. The van der Waals surface area contributed by atoms with Crippen LogP contribution in [0.2, 0.25) is 0 Å². The molecule has 25 heavy (non-hydrogen) atoms. The number of Topliss-reactive ketones (excluding diaryl/α,β-unsaturated/α-hetero) is 1. The number of pyridine rings is 1. The average molecular weight is 340 g/mol. The van der Waals surface area contributed by atoms with Gasteiger partial charge in [0, 0.05) is 29.8 Å². The maximum atomic E-state index is 12.3. The number of benzene rings is 1. The Hall–Kier alpha value is -2.69. The van der Waals surface area contributed by atoms with Crippen molar-refractivity contribution in [3.63, 3.8) is 0 Å². The Bertz CT molecular complexity index is 835. The third kappa shape index (κ3) is 4.89. The van der Waals surface area contributed by atoms with E-state index in [2.05, 4.69) is 10.3 Å². The molecule has 132 valence electrons. The first kappa shape index (κ1) is 18.6. The van der Waals surface area contributed by atoms with Gasteiger partial charge in [-0.1, -0.05) is 19.1 Å². The van der Waals surface area contributed by atoms with E-state index in [-0.39, 0.29) is 29.7 Å². The van der Waals surface area contributed by atoms with Crippen molar-refractivity contribution in [3.8, 4) is 0 Å². The number of carbonyl (C=O) groups excluding carboxylic acids is 2. The van der Waals surface area contributed by atoms with Crippen LogP contribution < -0.4 is 10.9 Å². The first-order valence-corrected chi connectivity index (χ1v) is 8.35. The molecule has 5 heteroatoms. The largest absolute Gasteiger partial charge is 0.348 e. The first-order valence-electron chi connectivity index (χ1n) is 8.35. The van der Waals surface area contributed by atoms with Crippen LogP contribution in [0.15, 0.2) is 35.1 Å². The fourth-order valence-corrected chi connectivity index (χ4v) is 2.88. The Morgan fingerprint density at radius 3 is 2.36 bits per heavy atom. The number of aryl methyl sites for hydroxylation is 2. The van der Waals surface area contributed by atoms with E-state index in [9.17, 15) is 14.4 Å². The molecular weight excluding hydrogens is 316 g/mol. The van der Waals surface area contributed by atoms with Gasteiger partial charge >= 0.3 is 0 Å². The number of H-pyrrole nitrogens is 1. The fraction of sp³-hybridized carbons (Fsp3) is 0.350. The summed E-state index contributed by atoms with van der Waals surface area (Å²) in [4.78, 5) is 38.2. The van der Waals surface area contributed by atoms with E-state index in [1.807, 2.05) is 39.0 Å². The lowest BCUT2D eigenvalue weighted by Gasteiger charge is -2.11. The van der Waals surface area contributed by atoms with Gasteiger partial charge in [0.05, 0.1) is 0 Å². The predicted molar refractivity (Wildman–Crippen MR) is 97.9 cm³/mol. The summed E-state index contributed by atoms with van der Waals surface area (Å²) in [5, 5.41) is 2.78. The van der Waals surface area contributed by atoms with Crippen LogP contribution in [0.1, 0.15) is 58.9 Å². The van der Waals surface area contributed by atoms with Gasteiger partial charge in [0.2, 0.25) is 0 Å². The Labute approximate surface area is 147 Å². The van der Waals surface area contributed by atoms with Crippen LogP contribution in [0.3, 0.4) is 0 Å². The van der Waals surface area contributed by atoms with Crippen molar-refractivity contribution in [1.82, 2.24) is 10.3 Å². The summed E-state index contributed by atoms with van der Waals surface area (Å²) in [6.45, 7) is 7.43. The topological polar surface area (TPSA) is 79.0 Å². The van der Waals surface area contributed by atoms with Crippen LogP contribution in [0, 0.1) is 13.8 Å². The zero-order valence-electron chi connectivity index (χ0n) is 15.1. The molecule has 1 unspecified atom stereocenters. The van der Waals surface area contributed by atoms with E-state index < -0.39 is 0 Å². The molecule has 0 aliphatic carbocycles. The number of rotatable bonds is 6. The summed E-state index contributed by atoms with van der Waals surface area (Å²) < 4.78 is 0. The number of nitrogens with one attached hydrogen (secondary N) is 2. The molecule has 0 radical (unpaired) electrons. The Balaban J connectivity index is 2.04. The molecule has 2 rings (SSSR count). The van der Waals surface area contributed by atoms with E-state index in [1.165, 1.54) is 0 Å². The molecule has 1 heterocycles. The van der Waals surface area contributed by atoms with Crippen molar-refractivity contribution in [3.05, 3.63) is 68.6 Å². The Morgan fingerprint density at radius 2 is 1.80 bits per heavy atom. The van der Waals surface area contributed by atoms with Gasteiger partial charge in [-0.15, -0.1) is 0 Å². The standard InChI is InChI=1S/C20H24N2O3/c1-12(10-15(4)23)16-5-7-17(8-6-16)19(24)21-11-18-13(2)9-14(3)22-20(18)25/h5-9,12H,10-11H2,1-4H3,(H,21,24)(H,22,25). The number of amides is 1. The number of hydrogen-bond donors (Lipinski definition) is 2. The van der Waals surface area contributed by atoms with Gasteiger partial charge in [0.25, 0.3) is 11.5 Å². The average Bonchev–Trinajstić information content (AvgIpc) is 2.53. The van der Waals surface area contributed by atoms with E-state index >= 15 is 0 Å². The van der Waals surface area contributed by atoms with Crippen LogP contribution in [-0.4, -0.2) is 16.7 Å². The third-order valence-corrected chi connectivity index (χ3v) is 4.26. The summed E-state index contributed by atoms with van der Waals surface area (Å²) in [6, 6.07) is 9.11. The molecule has 1 amide bonds. The maximum absolute atomic E-state index is 12.3. The van der Waals surface area contributed by atoms with Crippen LogP contribution in [0.5, 0.6) is 0 Å². The summed E-state index contributed by atoms with van der Waals surface area (Å²) in [5.41, 5.74) is 3.59. The molecule has 0 aliphatic rings. The van der Waals surface area contributed by atoms with Gasteiger partial charge < -0.3 is 15.1 Å². The van der Waals surface area contributed by atoms with Gasteiger partial charge in [-0.2, -0.15) is 0 Å². The molecule has 1 aromatic heterocycles. The number of carbonyl (C=O) groups is 2. The number of aromatic nitrogens is 1. The third-order valence-electron chi connectivity index (χ3n) is 4.26. The highest BCUT2D eigenvalue weighted by Gasteiger charge is 2.12. The second kappa shape index (κ2) is 7.92. The van der Waals surface area contributed by atoms with E-state index in [0.717, 1.165) is 16.8 Å². The van der Waals surface area contributed by atoms with Crippen molar-refractivity contribution >= 4 is 11.7 Å². The molecule has 2 aromatic rings. The lowest BCUT2D eigenvalue weighted by atomic mass is 9.95. The maximum Gasteiger partial charge on any atom is 0.253 e. The summed E-state index contributed by atoms with van der Waals surface area (Å²) in [6.07, 6.45) is 0.487. The summed E-state index contributed by atoms with van der Waals surface area (Å²) in [5.74, 6) is 0.0431. The molecule has 1 aromatic carbocycles. The molecule has 2 N–H and O–H groups in total. The zero-order chi connectivity index (χ0) is 18.6. The normalized spacial score (nSPS) is 11.8. The van der Waals surface area contributed by atoms with Gasteiger partial charge in [-0.25, -0.2) is 0 Å². The van der Waals surface area contributed by atoms with E-state index in [0.29, 0.717) is 17.5 Å². The minimum Gasteiger partial charge on any atom is -0.348 e. The van der Waals surface area contributed by atoms with Crippen LogP contribution >= 0.6 is 0 Å². The second-order valence-corrected chi connectivity index (χ2v) is 6.55. The Kier molecular flexibility index (Phi) is 5.91. The van der Waals surface area contributed by atoms with Crippen LogP contribution in [0.25, 0.3) is 0 Å². The monoisotopic (exact) mass is 340 g/mol. The van der Waals surface area contributed by atoms with Crippen molar-refractivity contribution in [1.29, 1.82) is 0 Å². The highest BCUT2D eigenvalue weighted by atomic mass is 16.2. The van der Waals surface area contributed by atoms with Gasteiger partial charge in [0.15, 0.2) is 0 Å². The molecule has 0 spiro atoms. The molecule has 5 nitrogen and oxygen atoms in total. The van der Waals surface area contributed by atoms with Gasteiger partial charge in [0.1, 0.15) is 5.78 Å². The van der Waals surface area contributed by atoms with Gasteiger partial charge in [-0.05, 0) is 56.0 Å². The zero-order valence-corrected chi connectivity index (χ0v) is 15.1. The quantitative estimate of drug-likeness (QED) is 0.848. The van der Waals surface area contributed by atoms with Crippen LogP contribution in [-0.2, 0) is 11.3 Å². The van der Waals surface area contributed by atoms with Crippen molar-refractivity contribution < 1.29 is 9.59 Å². The van der Waals surface area contributed by atoms with Gasteiger partial charge in [-0.3, -0.25) is 9.59 Å². The summed E-state index contributed by atoms with van der Waals surface area (Å²) >= 11 is 0. The van der Waals surface area contributed by atoms with Crippen molar-refractivity contribution in [2.75, 3.05) is 0 Å². The fourth-order valence-electron chi connectivity index (χ4n) is 2.88. The lowest BCUT2D eigenvalue weighted by molar-refractivity contribution is -0.117. The first-order chi connectivity index (χ1) is 11.8. The minimum absolute atomic E-state index is 0.128. The molecule has 1 atom stereocenters. The number of aromatic amines is 1.